The fourth-order valence-electron chi connectivity index (χ4n) is 3.16. The normalized spacial score (nSPS) is 16.4. The Balaban J connectivity index is 1.66. The number of nitrogens with one attached hydrogen (secondary N) is 2. The van der Waals surface area contributed by atoms with Gasteiger partial charge in [0, 0.05) is 38.0 Å². The van der Waals surface area contributed by atoms with Crippen molar-refractivity contribution < 1.29 is 18.0 Å². The Morgan fingerprint density at radius 2 is 1.69 bits per heavy atom. The minimum absolute atomic E-state index is 0.0184. The summed E-state index contributed by atoms with van der Waals surface area (Å²) in [4.78, 5) is 24.1. The number of carbonyl (C=O) groups is 2. The van der Waals surface area contributed by atoms with Gasteiger partial charge in [-0.2, -0.15) is 4.31 Å². The lowest BCUT2D eigenvalue weighted by Crippen LogP contribution is -2.41. The minimum Gasteiger partial charge on any atom is -0.356 e. The predicted octanol–water partition coefficient (Wildman–Crippen LogP) is 2.15. The highest BCUT2D eigenvalue weighted by Crippen LogP contribution is 2.23. The molecule has 0 aliphatic carbocycles. The molecule has 2 amide bonds. The molecule has 8 heteroatoms. The number of hydrogen-bond acceptors (Lipinski definition) is 4. The van der Waals surface area contributed by atoms with Crippen molar-refractivity contribution >= 4 is 21.8 Å². The molecule has 0 spiro atoms. The average Bonchev–Trinajstić information content (AvgIpc) is 2.69. The Hall–Kier alpha value is -1.93. The Morgan fingerprint density at radius 3 is 2.28 bits per heavy atom. The molecular formula is C21H33N3O4S. The number of amides is 2. The van der Waals surface area contributed by atoms with E-state index in [1.54, 1.807) is 30.3 Å². The van der Waals surface area contributed by atoms with Crippen LogP contribution in [0.2, 0.25) is 0 Å². The molecule has 1 aliphatic heterocycles. The van der Waals surface area contributed by atoms with E-state index in [9.17, 15) is 18.0 Å². The largest absolute Gasteiger partial charge is 0.356 e. The zero-order valence-electron chi connectivity index (χ0n) is 17.6. The van der Waals surface area contributed by atoms with Crippen LogP contribution in [0.15, 0.2) is 35.2 Å². The van der Waals surface area contributed by atoms with Crippen molar-refractivity contribution in [1.82, 2.24) is 14.9 Å². The van der Waals surface area contributed by atoms with Crippen molar-refractivity contribution in [1.29, 1.82) is 0 Å². The van der Waals surface area contributed by atoms with Gasteiger partial charge >= 0.3 is 0 Å². The van der Waals surface area contributed by atoms with Crippen LogP contribution in [0.4, 0.5) is 0 Å². The average molecular weight is 424 g/mol. The summed E-state index contributed by atoms with van der Waals surface area (Å²) in [6.07, 6.45) is 2.43. The second-order valence-electron chi connectivity index (χ2n) is 8.57. The molecule has 1 fully saturated rings. The molecule has 0 radical (unpaired) electrons. The van der Waals surface area contributed by atoms with Crippen molar-refractivity contribution in [3.8, 4) is 0 Å². The highest BCUT2D eigenvalue weighted by molar-refractivity contribution is 7.89. The quantitative estimate of drug-likeness (QED) is 0.626. The van der Waals surface area contributed by atoms with E-state index in [0.717, 1.165) is 12.8 Å². The number of sulfonamides is 1. The highest BCUT2D eigenvalue weighted by Gasteiger charge is 2.29. The van der Waals surface area contributed by atoms with Gasteiger partial charge < -0.3 is 10.6 Å². The fourth-order valence-corrected chi connectivity index (χ4v) is 4.65. The number of nitrogens with zero attached hydrogens (tertiary/aromatic N) is 1. The van der Waals surface area contributed by atoms with Crippen molar-refractivity contribution in [2.75, 3.05) is 26.2 Å². The Morgan fingerprint density at radius 1 is 1.07 bits per heavy atom. The van der Waals surface area contributed by atoms with Gasteiger partial charge in [-0.3, -0.25) is 9.59 Å². The first-order valence-corrected chi connectivity index (χ1v) is 11.6. The van der Waals surface area contributed by atoms with Gasteiger partial charge in [0.15, 0.2) is 0 Å². The van der Waals surface area contributed by atoms with Gasteiger partial charge in [-0.25, -0.2) is 8.42 Å². The minimum atomic E-state index is -3.44. The summed E-state index contributed by atoms with van der Waals surface area (Å²) in [6, 6.07) is 8.48. The molecular weight excluding hydrogens is 390 g/mol. The van der Waals surface area contributed by atoms with Gasteiger partial charge in [-0.15, -0.1) is 0 Å². The molecule has 0 unspecified atom stereocenters. The summed E-state index contributed by atoms with van der Waals surface area (Å²) in [5, 5.41) is 5.77. The van der Waals surface area contributed by atoms with E-state index in [0.29, 0.717) is 43.9 Å². The Bertz CT molecular complexity index is 780. The first kappa shape index (κ1) is 23.3. The molecule has 162 valence electrons. The first-order chi connectivity index (χ1) is 13.6. The molecule has 0 saturated carbocycles. The topological polar surface area (TPSA) is 95.6 Å². The zero-order valence-corrected chi connectivity index (χ0v) is 18.4. The molecule has 2 N–H and O–H groups in total. The number of rotatable bonds is 8. The molecule has 1 saturated heterocycles. The van der Waals surface area contributed by atoms with Crippen LogP contribution in [-0.2, 0) is 19.6 Å². The number of piperidine rings is 1. The first-order valence-electron chi connectivity index (χ1n) is 10.2. The number of carbonyl (C=O) groups excluding carboxylic acids is 2. The van der Waals surface area contributed by atoms with E-state index in [1.807, 2.05) is 20.8 Å². The van der Waals surface area contributed by atoms with Crippen molar-refractivity contribution in [3.63, 3.8) is 0 Å². The molecule has 0 bridgehead atoms. The lowest BCUT2D eigenvalue weighted by Gasteiger charge is -2.31. The van der Waals surface area contributed by atoms with Crippen LogP contribution in [-0.4, -0.2) is 50.7 Å². The standard InChI is InChI=1S/C21H33N3O4S/c1-21(2,3)20(26)22-13-7-10-19(25)23-16-17-11-14-24(15-12-17)29(27,28)18-8-5-4-6-9-18/h4-6,8-9,17H,7,10-16H2,1-3H3,(H,22,26)(H,23,25). The lowest BCUT2D eigenvalue weighted by molar-refractivity contribution is -0.128. The van der Waals surface area contributed by atoms with Gasteiger partial charge in [-0.05, 0) is 37.3 Å². The lowest BCUT2D eigenvalue weighted by atomic mass is 9.96. The summed E-state index contributed by atoms with van der Waals surface area (Å²) in [6.45, 7) is 7.54. The smallest absolute Gasteiger partial charge is 0.243 e. The SMILES string of the molecule is CC(C)(C)C(=O)NCCCC(=O)NCC1CCN(S(=O)(=O)c2ccccc2)CC1. The summed E-state index contributed by atoms with van der Waals surface area (Å²) in [5.41, 5.74) is -0.425. The van der Waals surface area contributed by atoms with Crippen LogP contribution >= 0.6 is 0 Å². The fraction of sp³-hybridized carbons (Fsp3) is 0.619. The van der Waals surface area contributed by atoms with Crippen LogP contribution in [0, 0.1) is 11.3 Å². The third kappa shape index (κ3) is 7.12. The summed E-state index contributed by atoms with van der Waals surface area (Å²) in [5.74, 6) is 0.228. The highest BCUT2D eigenvalue weighted by atomic mass is 32.2. The van der Waals surface area contributed by atoms with E-state index in [-0.39, 0.29) is 17.7 Å². The summed E-state index contributed by atoms with van der Waals surface area (Å²) < 4.78 is 26.8. The maximum atomic E-state index is 12.6. The molecule has 7 nitrogen and oxygen atoms in total. The van der Waals surface area contributed by atoms with Gasteiger partial charge in [-0.1, -0.05) is 39.0 Å². The van der Waals surface area contributed by atoms with Gasteiger partial charge in [0.1, 0.15) is 0 Å². The van der Waals surface area contributed by atoms with E-state index in [1.165, 1.54) is 4.31 Å². The van der Waals surface area contributed by atoms with Gasteiger partial charge in [0.25, 0.3) is 0 Å². The Labute approximate surface area is 174 Å². The van der Waals surface area contributed by atoms with Crippen molar-refractivity contribution in [2.45, 2.75) is 51.3 Å². The molecule has 1 heterocycles. The second kappa shape index (κ2) is 10.2. The maximum absolute atomic E-state index is 12.6. The third-order valence-electron chi connectivity index (χ3n) is 5.09. The molecule has 2 rings (SSSR count). The number of benzene rings is 1. The van der Waals surface area contributed by atoms with E-state index < -0.39 is 15.4 Å². The van der Waals surface area contributed by atoms with Crippen LogP contribution in [0.3, 0.4) is 0 Å². The Kier molecular flexibility index (Phi) is 8.22. The van der Waals surface area contributed by atoms with Crippen molar-refractivity contribution in [3.05, 3.63) is 30.3 Å². The van der Waals surface area contributed by atoms with Gasteiger partial charge in [0.2, 0.25) is 21.8 Å². The zero-order chi connectivity index (χ0) is 21.5. The summed E-state index contributed by atoms with van der Waals surface area (Å²) >= 11 is 0. The van der Waals surface area contributed by atoms with Gasteiger partial charge in [0.05, 0.1) is 4.90 Å². The molecule has 1 aromatic rings. The van der Waals surface area contributed by atoms with E-state index >= 15 is 0 Å². The van der Waals surface area contributed by atoms with Crippen LogP contribution in [0.1, 0.15) is 46.5 Å². The van der Waals surface area contributed by atoms with Crippen molar-refractivity contribution in [2.24, 2.45) is 11.3 Å². The van der Waals surface area contributed by atoms with Crippen LogP contribution in [0.5, 0.6) is 0 Å². The third-order valence-corrected chi connectivity index (χ3v) is 7.00. The molecule has 1 aromatic carbocycles. The molecule has 0 atom stereocenters. The summed E-state index contributed by atoms with van der Waals surface area (Å²) in [7, 11) is -3.44. The molecule has 0 aromatic heterocycles. The van der Waals surface area contributed by atoms with Crippen LogP contribution in [0.25, 0.3) is 0 Å². The number of hydrogen-bond donors (Lipinski definition) is 2. The predicted molar refractivity (Wildman–Crippen MR) is 113 cm³/mol. The molecule has 1 aliphatic rings. The second-order valence-corrected chi connectivity index (χ2v) is 10.5. The van der Waals surface area contributed by atoms with E-state index in [4.69, 9.17) is 0 Å². The van der Waals surface area contributed by atoms with E-state index in [2.05, 4.69) is 10.6 Å². The maximum Gasteiger partial charge on any atom is 0.243 e. The monoisotopic (exact) mass is 423 g/mol. The molecule has 29 heavy (non-hydrogen) atoms. The van der Waals surface area contributed by atoms with Crippen LogP contribution < -0.4 is 10.6 Å².